The molecule has 1 N–H and O–H groups in total. The van der Waals surface area contributed by atoms with Crippen LogP contribution in [0.2, 0.25) is 0 Å². The summed E-state index contributed by atoms with van der Waals surface area (Å²) in [6.07, 6.45) is -6.50. The predicted octanol–water partition coefficient (Wildman–Crippen LogP) is 2.47. The zero-order chi connectivity index (χ0) is 12.3. The smallest absolute Gasteiger partial charge is 0.388 e. The van der Waals surface area contributed by atoms with Crippen molar-refractivity contribution in [2.75, 3.05) is 0 Å². The molecule has 1 unspecified atom stereocenters. The monoisotopic (exact) mass is 236 g/mol. The summed E-state index contributed by atoms with van der Waals surface area (Å²) >= 11 is 0. The van der Waals surface area contributed by atoms with E-state index in [2.05, 4.69) is 0 Å². The number of aliphatic hydroxyl groups is 1. The number of rotatable bonds is 3. The van der Waals surface area contributed by atoms with Crippen molar-refractivity contribution >= 4 is 6.29 Å². The Hall–Kier alpha value is -1.43. The third kappa shape index (κ3) is 2.79. The van der Waals surface area contributed by atoms with E-state index in [1.54, 1.807) is 0 Å². The number of carbonyl (C=O) groups is 1. The maximum absolute atomic E-state index is 12.7. The Bertz CT molecular complexity index is 387. The molecule has 0 aliphatic heterocycles. The van der Waals surface area contributed by atoms with Crippen molar-refractivity contribution < 1.29 is 27.5 Å². The summed E-state index contributed by atoms with van der Waals surface area (Å²) in [5.41, 5.74) is -1.76. The highest BCUT2D eigenvalue weighted by Crippen LogP contribution is 2.35. The number of halogens is 4. The van der Waals surface area contributed by atoms with Crippen LogP contribution in [0.1, 0.15) is 23.7 Å². The molecule has 0 bridgehead atoms. The molecule has 0 heterocycles. The van der Waals surface area contributed by atoms with Gasteiger partial charge in [0.05, 0.1) is 11.7 Å². The number of aliphatic hydroxyl groups excluding tert-OH is 1. The minimum absolute atomic E-state index is 0.295. The van der Waals surface area contributed by atoms with Crippen molar-refractivity contribution in [1.29, 1.82) is 0 Å². The average Bonchev–Trinajstić information content (AvgIpc) is 2.16. The van der Waals surface area contributed by atoms with Gasteiger partial charge >= 0.3 is 6.18 Å². The summed E-state index contributed by atoms with van der Waals surface area (Å²) in [5.74, 6) is -1.05. The molecule has 0 saturated heterocycles. The normalized spacial score (nSPS) is 13.6. The fraction of sp³-hybridized carbons (Fsp3) is 0.300. The molecule has 0 spiro atoms. The number of benzene rings is 1. The number of alkyl halides is 3. The van der Waals surface area contributed by atoms with Gasteiger partial charge in [0.1, 0.15) is 12.1 Å². The highest BCUT2D eigenvalue weighted by molar-refractivity contribution is 5.51. The standard InChI is InChI=1S/C10H8F4O2/c11-6-1-2-7(9(16)3-4-15)8(5-6)10(12,13)14/h1-2,4-5,9,16H,3H2. The van der Waals surface area contributed by atoms with Crippen LogP contribution in [0.25, 0.3) is 0 Å². The van der Waals surface area contributed by atoms with E-state index in [-0.39, 0.29) is 0 Å². The Morgan fingerprint density at radius 2 is 2.00 bits per heavy atom. The van der Waals surface area contributed by atoms with Crippen LogP contribution in [-0.2, 0) is 11.0 Å². The van der Waals surface area contributed by atoms with Crippen LogP contribution in [-0.4, -0.2) is 11.4 Å². The SMILES string of the molecule is O=CCC(O)c1ccc(F)cc1C(F)(F)F. The van der Waals surface area contributed by atoms with Crippen molar-refractivity contribution in [3.8, 4) is 0 Å². The molecule has 1 rings (SSSR count). The summed E-state index contributed by atoms with van der Waals surface area (Å²) in [4.78, 5) is 10.1. The second-order valence-electron chi connectivity index (χ2n) is 3.15. The van der Waals surface area contributed by atoms with Crippen LogP contribution >= 0.6 is 0 Å². The lowest BCUT2D eigenvalue weighted by Gasteiger charge is -2.15. The van der Waals surface area contributed by atoms with E-state index in [0.717, 1.165) is 12.1 Å². The topological polar surface area (TPSA) is 37.3 Å². The first-order valence-corrected chi connectivity index (χ1v) is 4.34. The first kappa shape index (κ1) is 12.6. The van der Waals surface area contributed by atoms with Gasteiger partial charge in [-0.1, -0.05) is 6.07 Å². The minimum Gasteiger partial charge on any atom is -0.388 e. The van der Waals surface area contributed by atoms with E-state index >= 15 is 0 Å². The fourth-order valence-electron chi connectivity index (χ4n) is 1.28. The lowest BCUT2D eigenvalue weighted by atomic mass is 10.00. The lowest BCUT2D eigenvalue weighted by molar-refractivity contribution is -0.139. The maximum Gasteiger partial charge on any atom is 0.416 e. The summed E-state index contributed by atoms with van der Waals surface area (Å²) in [5, 5.41) is 9.30. The Morgan fingerprint density at radius 1 is 1.38 bits per heavy atom. The van der Waals surface area contributed by atoms with Crippen molar-refractivity contribution in [2.24, 2.45) is 0 Å². The summed E-state index contributed by atoms with van der Waals surface area (Å²) in [6.45, 7) is 0. The zero-order valence-corrected chi connectivity index (χ0v) is 7.96. The van der Waals surface area contributed by atoms with Gasteiger partial charge in [0, 0.05) is 6.42 Å². The average molecular weight is 236 g/mol. The molecule has 0 amide bonds. The number of aldehydes is 1. The van der Waals surface area contributed by atoms with E-state index in [0.29, 0.717) is 12.4 Å². The molecule has 1 aromatic rings. The van der Waals surface area contributed by atoms with Crippen molar-refractivity contribution in [2.45, 2.75) is 18.7 Å². The van der Waals surface area contributed by atoms with Crippen LogP contribution in [0.5, 0.6) is 0 Å². The van der Waals surface area contributed by atoms with Crippen molar-refractivity contribution in [1.82, 2.24) is 0 Å². The Balaban J connectivity index is 3.22. The largest absolute Gasteiger partial charge is 0.416 e. The predicted molar refractivity (Wildman–Crippen MR) is 47.0 cm³/mol. The number of hydrogen-bond donors (Lipinski definition) is 1. The van der Waals surface area contributed by atoms with E-state index in [1.165, 1.54) is 0 Å². The Kier molecular flexibility index (Phi) is 3.64. The fourth-order valence-corrected chi connectivity index (χ4v) is 1.28. The molecule has 1 aromatic carbocycles. The van der Waals surface area contributed by atoms with E-state index in [4.69, 9.17) is 0 Å². The van der Waals surface area contributed by atoms with Crippen LogP contribution in [0.15, 0.2) is 18.2 Å². The van der Waals surface area contributed by atoms with Crippen LogP contribution in [0.3, 0.4) is 0 Å². The number of hydrogen-bond acceptors (Lipinski definition) is 2. The Morgan fingerprint density at radius 3 is 2.50 bits per heavy atom. The molecule has 16 heavy (non-hydrogen) atoms. The molecular formula is C10H8F4O2. The third-order valence-corrected chi connectivity index (χ3v) is 2.00. The second kappa shape index (κ2) is 4.61. The molecule has 2 nitrogen and oxygen atoms in total. The molecule has 0 saturated carbocycles. The molecule has 0 aromatic heterocycles. The highest BCUT2D eigenvalue weighted by atomic mass is 19.4. The van der Waals surface area contributed by atoms with E-state index in [1.807, 2.05) is 0 Å². The molecule has 88 valence electrons. The van der Waals surface area contributed by atoms with Gasteiger partial charge in [-0.15, -0.1) is 0 Å². The van der Waals surface area contributed by atoms with Crippen LogP contribution in [0.4, 0.5) is 17.6 Å². The molecule has 6 heteroatoms. The molecule has 1 atom stereocenters. The molecule has 0 aliphatic carbocycles. The van der Waals surface area contributed by atoms with Gasteiger partial charge in [0.15, 0.2) is 0 Å². The van der Waals surface area contributed by atoms with Crippen molar-refractivity contribution in [3.63, 3.8) is 0 Å². The zero-order valence-electron chi connectivity index (χ0n) is 7.96. The van der Waals surface area contributed by atoms with E-state index < -0.39 is 35.6 Å². The minimum atomic E-state index is -4.76. The summed E-state index contributed by atoms with van der Waals surface area (Å²) in [7, 11) is 0. The molecule has 0 aliphatic rings. The van der Waals surface area contributed by atoms with Gasteiger partial charge < -0.3 is 9.90 Å². The molecule has 0 radical (unpaired) electrons. The Labute approximate surface area is 88.5 Å². The third-order valence-electron chi connectivity index (χ3n) is 2.00. The van der Waals surface area contributed by atoms with Gasteiger partial charge in [-0.25, -0.2) is 4.39 Å². The first-order chi connectivity index (χ1) is 7.36. The quantitative estimate of drug-likeness (QED) is 0.646. The molecule has 0 fully saturated rings. The maximum atomic E-state index is 12.7. The number of carbonyl (C=O) groups excluding carboxylic acids is 1. The summed E-state index contributed by atoms with van der Waals surface area (Å²) < 4.78 is 50.1. The molecular weight excluding hydrogens is 228 g/mol. The van der Waals surface area contributed by atoms with Gasteiger partial charge in [0.2, 0.25) is 0 Å². The second-order valence-corrected chi connectivity index (χ2v) is 3.15. The van der Waals surface area contributed by atoms with Gasteiger partial charge in [-0.05, 0) is 17.7 Å². The van der Waals surface area contributed by atoms with E-state index in [9.17, 15) is 27.5 Å². The summed E-state index contributed by atoms with van der Waals surface area (Å²) in [6, 6.07) is 1.92. The lowest BCUT2D eigenvalue weighted by Crippen LogP contribution is -2.12. The van der Waals surface area contributed by atoms with Crippen LogP contribution < -0.4 is 0 Å². The highest BCUT2D eigenvalue weighted by Gasteiger charge is 2.35. The van der Waals surface area contributed by atoms with Gasteiger partial charge in [-0.2, -0.15) is 13.2 Å². The van der Waals surface area contributed by atoms with Crippen molar-refractivity contribution in [3.05, 3.63) is 35.1 Å². The van der Waals surface area contributed by atoms with Gasteiger partial charge in [0.25, 0.3) is 0 Å². The first-order valence-electron chi connectivity index (χ1n) is 4.34. The van der Waals surface area contributed by atoms with Crippen LogP contribution in [0, 0.1) is 5.82 Å². The van der Waals surface area contributed by atoms with Gasteiger partial charge in [-0.3, -0.25) is 0 Å².